The van der Waals surface area contributed by atoms with Gasteiger partial charge in [0.05, 0.1) is 15.8 Å². The van der Waals surface area contributed by atoms with Crippen molar-refractivity contribution in [2.75, 3.05) is 11.9 Å². The van der Waals surface area contributed by atoms with E-state index in [1.807, 2.05) is 52.0 Å². The Morgan fingerprint density at radius 3 is 2.33 bits per heavy atom. The van der Waals surface area contributed by atoms with E-state index >= 15 is 0 Å². The van der Waals surface area contributed by atoms with Crippen LogP contribution in [0.3, 0.4) is 0 Å². The molecular formula is C31H35N5O5S. The smallest absolute Gasteiger partial charge is 0.322 e. The molecule has 220 valence electrons. The van der Waals surface area contributed by atoms with Crippen molar-refractivity contribution in [3.05, 3.63) is 97.7 Å². The van der Waals surface area contributed by atoms with Gasteiger partial charge in [0, 0.05) is 19.2 Å². The predicted octanol–water partition coefficient (Wildman–Crippen LogP) is 4.27. The minimum Gasteiger partial charge on any atom is -0.480 e. The van der Waals surface area contributed by atoms with E-state index in [0.29, 0.717) is 28.6 Å². The Morgan fingerprint density at radius 2 is 1.69 bits per heavy atom. The van der Waals surface area contributed by atoms with E-state index in [4.69, 9.17) is 0 Å². The van der Waals surface area contributed by atoms with Gasteiger partial charge < -0.3 is 15.4 Å². The molecule has 0 unspecified atom stereocenters. The molecule has 2 aromatic carbocycles. The number of aryl methyl sites for hydroxylation is 1. The summed E-state index contributed by atoms with van der Waals surface area (Å²) in [5.41, 5.74) is 5.54. The van der Waals surface area contributed by atoms with Crippen molar-refractivity contribution in [2.24, 2.45) is 0 Å². The molecule has 42 heavy (non-hydrogen) atoms. The maximum absolute atomic E-state index is 13.4. The molecule has 0 radical (unpaired) electrons. The van der Waals surface area contributed by atoms with Crippen LogP contribution in [0.25, 0.3) is 17.0 Å². The number of H-pyrrole nitrogens is 1. The van der Waals surface area contributed by atoms with E-state index in [-0.39, 0.29) is 17.1 Å². The number of pyridine rings is 1. The first kappa shape index (κ1) is 30.6. The van der Waals surface area contributed by atoms with Crippen LogP contribution in [0.15, 0.2) is 52.3 Å². The van der Waals surface area contributed by atoms with Gasteiger partial charge in [-0.15, -0.1) is 0 Å². The van der Waals surface area contributed by atoms with Gasteiger partial charge in [0.1, 0.15) is 17.7 Å². The van der Waals surface area contributed by atoms with Crippen LogP contribution in [-0.2, 0) is 21.2 Å². The first-order valence-electron chi connectivity index (χ1n) is 13.5. The lowest BCUT2D eigenvalue weighted by molar-refractivity contribution is -0.139. The number of carboxylic acids is 1. The summed E-state index contributed by atoms with van der Waals surface area (Å²) >= 11 is 0. The minimum atomic E-state index is -4.20. The van der Waals surface area contributed by atoms with Crippen LogP contribution in [0.4, 0.5) is 5.82 Å². The van der Waals surface area contributed by atoms with E-state index in [0.717, 1.165) is 33.6 Å². The fourth-order valence-electron chi connectivity index (χ4n) is 4.91. The van der Waals surface area contributed by atoms with Gasteiger partial charge >= 0.3 is 5.97 Å². The third kappa shape index (κ3) is 6.42. The lowest BCUT2D eigenvalue weighted by Crippen LogP contribution is -2.43. The van der Waals surface area contributed by atoms with Crippen molar-refractivity contribution in [1.82, 2.24) is 19.7 Å². The number of sulfonamides is 1. The summed E-state index contributed by atoms with van der Waals surface area (Å²) in [6.45, 7) is 11.5. The third-order valence-electron chi connectivity index (χ3n) is 7.68. The second-order valence-electron chi connectivity index (χ2n) is 10.4. The SMILES string of the molecule is Cc1cccnc1NCC=Cc1ccc2nc(C[C@H](NS(=O)(=O)c3c(C)c(C)c(C)c(C)c3C)C(=O)O)[nH]c(=O)c2c1. The fraction of sp³-hybridized carbons (Fsp3) is 0.290. The number of carbonyl (C=O) groups is 1. The summed E-state index contributed by atoms with van der Waals surface area (Å²) in [5, 5.41) is 13.4. The number of nitrogens with one attached hydrogen (secondary N) is 3. The highest BCUT2D eigenvalue weighted by molar-refractivity contribution is 7.89. The number of aliphatic carboxylic acids is 1. The number of aromatic nitrogens is 3. The maximum atomic E-state index is 13.4. The lowest BCUT2D eigenvalue weighted by Gasteiger charge is -2.21. The zero-order valence-electron chi connectivity index (χ0n) is 24.5. The molecule has 0 fully saturated rings. The van der Waals surface area contributed by atoms with Crippen LogP contribution in [0.1, 0.15) is 44.8 Å². The third-order valence-corrected chi connectivity index (χ3v) is 9.42. The van der Waals surface area contributed by atoms with Crippen LogP contribution in [0, 0.1) is 41.5 Å². The van der Waals surface area contributed by atoms with E-state index in [9.17, 15) is 23.1 Å². The van der Waals surface area contributed by atoms with Crippen LogP contribution >= 0.6 is 0 Å². The molecule has 0 amide bonds. The van der Waals surface area contributed by atoms with Crippen LogP contribution in [0.2, 0.25) is 0 Å². The summed E-state index contributed by atoms with van der Waals surface area (Å²) in [7, 11) is -4.20. The van der Waals surface area contributed by atoms with Crippen molar-refractivity contribution in [3.8, 4) is 0 Å². The van der Waals surface area contributed by atoms with Gasteiger partial charge in [0.25, 0.3) is 5.56 Å². The molecular weight excluding hydrogens is 554 g/mol. The largest absolute Gasteiger partial charge is 0.480 e. The average molecular weight is 590 g/mol. The number of rotatable bonds is 10. The van der Waals surface area contributed by atoms with Crippen molar-refractivity contribution >= 4 is 38.8 Å². The van der Waals surface area contributed by atoms with Gasteiger partial charge in [-0.1, -0.05) is 24.3 Å². The molecule has 4 rings (SSSR count). The second kappa shape index (κ2) is 12.3. The molecule has 0 aliphatic carbocycles. The standard InChI is InChI=1S/C31H35N5O5S/c1-17-9-7-13-32-29(17)33-14-8-10-23-11-12-25-24(15-23)30(37)35-27(34-25)16-26(31(38)39)36-42(40,41)28-21(5)19(3)18(2)20(4)22(28)6/h7-13,15,26,36H,14,16H2,1-6H3,(H,32,33)(H,38,39)(H,34,35,37)/t26-/m0/s1. The van der Waals surface area contributed by atoms with Crippen LogP contribution < -0.4 is 15.6 Å². The molecule has 0 saturated carbocycles. The van der Waals surface area contributed by atoms with Crippen molar-refractivity contribution in [1.29, 1.82) is 0 Å². The van der Waals surface area contributed by atoms with Crippen molar-refractivity contribution < 1.29 is 18.3 Å². The zero-order chi connectivity index (χ0) is 30.8. The topological polar surface area (TPSA) is 154 Å². The summed E-state index contributed by atoms with van der Waals surface area (Å²) < 4.78 is 29.2. The minimum absolute atomic E-state index is 0.0607. The summed E-state index contributed by atoms with van der Waals surface area (Å²) in [4.78, 5) is 36.5. The number of benzene rings is 2. The number of anilines is 1. The first-order chi connectivity index (χ1) is 19.8. The summed E-state index contributed by atoms with van der Waals surface area (Å²) in [6.07, 6.45) is 5.15. The molecule has 11 heteroatoms. The normalized spacial score (nSPS) is 12.6. The number of aromatic amines is 1. The van der Waals surface area contributed by atoms with Gasteiger partial charge in [0.15, 0.2) is 0 Å². The average Bonchev–Trinajstić information content (AvgIpc) is 2.93. The molecule has 2 heterocycles. The molecule has 0 bridgehead atoms. The Balaban J connectivity index is 1.54. The number of hydrogen-bond acceptors (Lipinski definition) is 7. The summed E-state index contributed by atoms with van der Waals surface area (Å²) in [6, 6.07) is 7.46. The highest BCUT2D eigenvalue weighted by Crippen LogP contribution is 2.29. The molecule has 2 aromatic heterocycles. The second-order valence-corrected chi connectivity index (χ2v) is 12.1. The monoisotopic (exact) mass is 589 g/mol. The first-order valence-corrected chi connectivity index (χ1v) is 15.0. The molecule has 0 saturated heterocycles. The van der Waals surface area contributed by atoms with E-state index in [1.165, 1.54) is 0 Å². The van der Waals surface area contributed by atoms with Crippen molar-refractivity contribution in [2.45, 2.75) is 58.9 Å². The fourth-order valence-corrected chi connectivity index (χ4v) is 6.70. The van der Waals surface area contributed by atoms with Gasteiger partial charge in [-0.25, -0.2) is 18.4 Å². The Morgan fingerprint density at radius 1 is 1.02 bits per heavy atom. The molecule has 10 nitrogen and oxygen atoms in total. The van der Waals surface area contributed by atoms with Gasteiger partial charge in [-0.05, 0) is 98.7 Å². The van der Waals surface area contributed by atoms with E-state index in [1.54, 1.807) is 38.2 Å². The highest BCUT2D eigenvalue weighted by atomic mass is 32.2. The Bertz CT molecular complexity index is 1850. The lowest BCUT2D eigenvalue weighted by atomic mass is 9.95. The van der Waals surface area contributed by atoms with E-state index in [2.05, 4.69) is 25.0 Å². The number of fused-ring (bicyclic) bond motifs is 1. The molecule has 1 atom stereocenters. The van der Waals surface area contributed by atoms with Gasteiger partial charge in [-0.2, -0.15) is 4.72 Å². The molecule has 0 aliphatic rings. The van der Waals surface area contributed by atoms with Gasteiger partial charge in [-0.3, -0.25) is 9.59 Å². The summed E-state index contributed by atoms with van der Waals surface area (Å²) in [5.74, 6) is -0.525. The molecule has 4 aromatic rings. The zero-order valence-corrected chi connectivity index (χ0v) is 25.3. The maximum Gasteiger partial charge on any atom is 0.322 e. The van der Waals surface area contributed by atoms with E-state index < -0.39 is 27.6 Å². The van der Waals surface area contributed by atoms with Crippen LogP contribution in [0.5, 0.6) is 0 Å². The predicted molar refractivity (Wildman–Crippen MR) is 164 cm³/mol. The highest BCUT2D eigenvalue weighted by Gasteiger charge is 2.30. The number of carboxylic acid groups (broad SMARTS) is 1. The quantitative estimate of drug-likeness (QED) is 0.214. The Kier molecular flexibility index (Phi) is 8.93. The Hall–Kier alpha value is -4.35. The molecule has 0 spiro atoms. The number of hydrogen-bond donors (Lipinski definition) is 4. The number of nitrogens with zero attached hydrogens (tertiary/aromatic N) is 2. The molecule has 0 aliphatic heterocycles. The van der Waals surface area contributed by atoms with Crippen LogP contribution in [-0.4, -0.2) is 47.0 Å². The van der Waals surface area contributed by atoms with Crippen molar-refractivity contribution in [3.63, 3.8) is 0 Å². The Labute approximate surface area is 245 Å². The van der Waals surface area contributed by atoms with Gasteiger partial charge in [0.2, 0.25) is 10.0 Å². The molecule has 4 N–H and O–H groups in total.